The summed E-state index contributed by atoms with van der Waals surface area (Å²) < 4.78 is 0. The molecule has 0 heterocycles. The summed E-state index contributed by atoms with van der Waals surface area (Å²) in [7, 11) is 0. The highest BCUT2D eigenvalue weighted by Gasteiger charge is 2.27. The van der Waals surface area contributed by atoms with Crippen molar-refractivity contribution in [1.29, 1.82) is 0 Å². The summed E-state index contributed by atoms with van der Waals surface area (Å²) in [5.74, 6) is 0. The number of aryl methyl sites for hydroxylation is 2. The van der Waals surface area contributed by atoms with Crippen molar-refractivity contribution in [2.45, 2.75) is 151 Å². The monoisotopic (exact) mass is 476 g/mol. The molecule has 0 amide bonds. The van der Waals surface area contributed by atoms with Gasteiger partial charge < -0.3 is 0 Å². The van der Waals surface area contributed by atoms with Gasteiger partial charge in [0.1, 0.15) is 0 Å². The maximum Gasteiger partial charge on any atom is -0.0129 e. The Kier molecular flexibility index (Phi) is 8.84. The van der Waals surface area contributed by atoms with Crippen LogP contribution in [-0.4, -0.2) is 0 Å². The van der Waals surface area contributed by atoms with Gasteiger partial charge >= 0.3 is 0 Å². The minimum Gasteiger partial charge on any atom is -0.0561 e. The van der Waals surface area contributed by atoms with Gasteiger partial charge in [0.25, 0.3) is 0 Å². The second kappa shape index (κ2) is 10.4. The molecule has 0 heteroatoms. The van der Waals surface area contributed by atoms with Crippen LogP contribution in [0.4, 0.5) is 0 Å². The zero-order valence-electron chi connectivity index (χ0n) is 25.8. The molecule has 2 aromatic rings. The van der Waals surface area contributed by atoms with Crippen LogP contribution in [0, 0.1) is 13.8 Å². The van der Waals surface area contributed by atoms with E-state index in [-0.39, 0.29) is 21.7 Å². The van der Waals surface area contributed by atoms with Gasteiger partial charge in [-0.05, 0) is 94.6 Å². The van der Waals surface area contributed by atoms with Crippen LogP contribution in [0.5, 0.6) is 0 Å². The zero-order valence-corrected chi connectivity index (χ0v) is 25.8. The maximum absolute atomic E-state index is 2.45. The van der Waals surface area contributed by atoms with Crippen molar-refractivity contribution in [3.63, 3.8) is 0 Å². The summed E-state index contributed by atoms with van der Waals surface area (Å²) in [6, 6.07) is 9.79. The van der Waals surface area contributed by atoms with Gasteiger partial charge in [0.05, 0.1) is 0 Å². The molecule has 0 aliphatic rings. The third kappa shape index (κ3) is 7.71. The molecule has 0 nitrogen and oxygen atoms in total. The van der Waals surface area contributed by atoms with E-state index in [4.69, 9.17) is 0 Å². The van der Waals surface area contributed by atoms with Gasteiger partial charge in [0.15, 0.2) is 0 Å². The lowest BCUT2D eigenvalue weighted by atomic mass is 9.73. The van der Waals surface area contributed by atoms with Crippen LogP contribution in [0.25, 0.3) is 0 Å². The fourth-order valence-corrected chi connectivity index (χ4v) is 5.63. The third-order valence-electron chi connectivity index (χ3n) is 7.37. The predicted molar refractivity (Wildman–Crippen MR) is 158 cm³/mol. The van der Waals surface area contributed by atoms with Gasteiger partial charge in [0, 0.05) is 0 Å². The molecule has 0 unspecified atom stereocenters. The average Bonchev–Trinajstić information content (AvgIpc) is 2.65. The number of hydrogen-bond donors (Lipinski definition) is 0. The molecule has 2 aromatic carbocycles. The van der Waals surface area contributed by atoms with Gasteiger partial charge in [-0.25, -0.2) is 0 Å². The fourth-order valence-electron chi connectivity index (χ4n) is 5.63. The van der Waals surface area contributed by atoms with Gasteiger partial charge in [-0.3, -0.25) is 0 Å². The molecule has 0 atom stereocenters. The van der Waals surface area contributed by atoms with Crippen LogP contribution in [0.15, 0.2) is 24.3 Å². The lowest BCUT2D eigenvalue weighted by molar-refractivity contribution is 0.540. The molecule has 0 saturated carbocycles. The molecule has 0 aromatic heterocycles. The molecule has 0 fully saturated rings. The molecule has 2 rings (SSSR count). The van der Waals surface area contributed by atoms with E-state index in [1.807, 2.05) is 0 Å². The summed E-state index contributed by atoms with van der Waals surface area (Å²) in [6.45, 7) is 33.0. The van der Waals surface area contributed by atoms with Crippen molar-refractivity contribution < 1.29 is 0 Å². The number of unbranched alkanes of at least 4 members (excludes halogenated alkanes) is 2. The third-order valence-corrected chi connectivity index (χ3v) is 7.37. The number of rotatable bonds is 6. The summed E-state index contributed by atoms with van der Waals surface area (Å²) in [5, 5.41) is 0. The van der Waals surface area contributed by atoms with Crippen molar-refractivity contribution in [3.8, 4) is 0 Å². The summed E-state index contributed by atoms with van der Waals surface area (Å²) >= 11 is 0. The first-order chi connectivity index (χ1) is 15.7. The Bertz CT molecular complexity index is 850. The molecule has 0 spiro atoms. The molecule has 35 heavy (non-hydrogen) atoms. The van der Waals surface area contributed by atoms with E-state index >= 15 is 0 Å². The second-order valence-electron chi connectivity index (χ2n) is 15.2. The van der Waals surface area contributed by atoms with Crippen molar-refractivity contribution in [2.75, 3.05) is 0 Å². The predicted octanol–water partition coefficient (Wildman–Crippen LogP) is 10.4. The van der Waals surface area contributed by atoms with Crippen LogP contribution < -0.4 is 0 Å². The Morgan fingerprint density at radius 1 is 0.400 bits per heavy atom. The smallest absolute Gasteiger partial charge is 0.0129 e. The minimum absolute atomic E-state index is 0.173. The van der Waals surface area contributed by atoms with Crippen LogP contribution in [0.3, 0.4) is 0 Å². The van der Waals surface area contributed by atoms with Gasteiger partial charge in [0.2, 0.25) is 0 Å². The van der Waals surface area contributed by atoms with Crippen molar-refractivity contribution >= 4 is 0 Å². The molecule has 0 aliphatic carbocycles. The Morgan fingerprint density at radius 3 is 0.829 bits per heavy atom. The first kappa shape index (κ1) is 29.7. The van der Waals surface area contributed by atoms with E-state index in [1.165, 1.54) is 43.2 Å². The van der Waals surface area contributed by atoms with Crippen molar-refractivity contribution in [2.24, 2.45) is 0 Å². The van der Waals surface area contributed by atoms with E-state index in [0.717, 1.165) is 0 Å². The van der Waals surface area contributed by atoms with E-state index < -0.39 is 0 Å². The Morgan fingerprint density at radius 2 is 0.629 bits per heavy atom. The summed E-state index contributed by atoms with van der Waals surface area (Å²) in [4.78, 5) is 0. The van der Waals surface area contributed by atoms with Crippen LogP contribution >= 0.6 is 0 Å². The molecule has 0 radical (unpaired) electrons. The Hall–Kier alpha value is -1.56. The normalized spacial score (nSPS) is 13.4. The molecule has 0 bridgehead atoms. The second-order valence-corrected chi connectivity index (χ2v) is 15.2. The van der Waals surface area contributed by atoms with E-state index in [2.05, 4.69) is 121 Å². The Balaban J connectivity index is 2.28. The number of benzene rings is 2. The molecular formula is C35H56. The lowest BCUT2D eigenvalue weighted by Crippen LogP contribution is -2.22. The Labute approximate surface area is 219 Å². The van der Waals surface area contributed by atoms with Gasteiger partial charge in [-0.2, -0.15) is 0 Å². The van der Waals surface area contributed by atoms with Crippen LogP contribution in [0.1, 0.15) is 147 Å². The highest BCUT2D eigenvalue weighted by molar-refractivity contribution is 5.47. The molecular weight excluding hydrogens is 420 g/mol. The zero-order chi connectivity index (χ0) is 27.0. The van der Waals surface area contributed by atoms with Crippen LogP contribution in [0.2, 0.25) is 0 Å². The average molecular weight is 477 g/mol. The first-order valence-electron chi connectivity index (χ1n) is 14.0. The summed E-state index contributed by atoms with van der Waals surface area (Å²) in [6.07, 6.45) is 6.17. The minimum atomic E-state index is 0.173. The molecule has 196 valence electrons. The molecule has 0 N–H and O–H groups in total. The molecule has 0 aliphatic heterocycles. The quantitative estimate of drug-likeness (QED) is 0.364. The number of hydrogen-bond acceptors (Lipinski definition) is 0. The standard InChI is InChI=1S/C35H56/c1-24-20-28(32(3,4)5)26(29(21-24)33(6,7)8)18-16-15-17-19-27-30(34(9,10)11)22-25(2)23-31(27)35(12,13)14/h20-23H,15-19H2,1-14H3. The maximum atomic E-state index is 2.45. The van der Waals surface area contributed by atoms with Crippen molar-refractivity contribution in [3.05, 3.63) is 68.8 Å². The SMILES string of the molecule is Cc1cc(C(C)(C)C)c(CCCCCc2c(C(C)(C)C)cc(C)cc2C(C)(C)C)c(C(C)(C)C)c1. The highest BCUT2D eigenvalue weighted by Crippen LogP contribution is 2.38. The highest BCUT2D eigenvalue weighted by atomic mass is 14.3. The topological polar surface area (TPSA) is 0 Å². The molecule has 0 saturated heterocycles. The summed E-state index contributed by atoms with van der Waals surface area (Å²) in [5.41, 5.74) is 12.9. The first-order valence-corrected chi connectivity index (χ1v) is 14.0. The fraction of sp³-hybridized carbons (Fsp3) is 0.657. The van der Waals surface area contributed by atoms with E-state index in [9.17, 15) is 0 Å². The lowest BCUT2D eigenvalue weighted by Gasteiger charge is -2.31. The van der Waals surface area contributed by atoms with Crippen LogP contribution in [-0.2, 0) is 34.5 Å². The van der Waals surface area contributed by atoms with E-state index in [0.29, 0.717) is 0 Å². The van der Waals surface area contributed by atoms with E-state index in [1.54, 1.807) is 33.4 Å². The largest absolute Gasteiger partial charge is 0.0561 e. The van der Waals surface area contributed by atoms with Gasteiger partial charge in [-0.1, -0.05) is 125 Å². The van der Waals surface area contributed by atoms with Gasteiger partial charge in [-0.15, -0.1) is 0 Å². The van der Waals surface area contributed by atoms with Crippen molar-refractivity contribution in [1.82, 2.24) is 0 Å².